The van der Waals surface area contributed by atoms with Gasteiger partial charge >= 0.3 is 110 Å². The fourth-order valence-corrected chi connectivity index (χ4v) is 11.2. The molecule has 0 radical (unpaired) electrons. The zero-order valence-corrected chi connectivity index (χ0v) is 69.6. The van der Waals surface area contributed by atoms with E-state index in [9.17, 15) is 171 Å². The van der Waals surface area contributed by atoms with Gasteiger partial charge in [0, 0.05) is 27.8 Å². The van der Waals surface area contributed by atoms with E-state index in [4.69, 9.17) is 33.2 Å². The summed E-state index contributed by atoms with van der Waals surface area (Å²) in [6.07, 6.45) is -48.0. The molecule has 47 heteroatoms. The summed E-state index contributed by atoms with van der Waals surface area (Å²) in [5.41, 5.74) is -20.1. The maximum atomic E-state index is 13.1. The van der Waals surface area contributed by atoms with Crippen molar-refractivity contribution in [3.8, 4) is 28.7 Å². The number of aliphatic carboxylic acids is 3. The zero-order chi connectivity index (χ0) is 101. The SMILES string of the molecule is CC(Oc1ccc(C(F)(F)F)cc1)(C(=O)O)c1ccc(C(F)(F)F)cc1.CC(Oc1ccc(C(F)(F)F)cc1)(C(=O)O)c1cccc(C(F)(F)F)c1.CC(Oc1ccccc1C(F)(F)F)(C(=O)O)c1cccc(C(F)(F)F)c1.CCOC(=O)C(C)(Oc1ccc(C(F)(F)F)cc1)c1cccc(C(F)(F)F)c1.CCOC(=O)C(Oc1ccc(C(F)(F)F)cc1)c1cccc(C(F)(F)F)c1.[Li+].[OH-]. The molecule has 0 fully saturated rings. The van der Waals surface area contributed by atoms with E-state index >= 15 is 0 Å². The number of carboxylic acids is 3. The van der Waals surface area contributed by atoms with Crippen LogP contribution in [0, 0.1) is 0 Å². The number of alkyl halides is 30. The van der Waals surface area contributed by atoms with Crippen molar-refractivity contribution >= 4 is 29.8 Å². The van der Waals surface area contributed by atoms with Crippen molar-refractivity contribution in [2.24, 2.45) is 0 Å². The smallest absolute Gasteiger partial charge is 0.870 e. The van der Waals surface area contributed by atoms with Crippen LogP contribution < -0.4 is 42.5 Å². The predicted molar refractivity (Wildman–Crippen MR) is 408 cm³/mol. The third-order valence-corrected chi connectivity index (χ3v) is 18.3. The summed E-state index contributed by atoms with van der Waals surface area (Å²) in [4.78, 5) is 59.5. The molecule has 0 aromatic heterocycles. The third kappa shape index (κ3) is 31.3. The fourth-order valence-electron chi connectivity index (χ4n) is 11.2. The molecule has 10 rings (SSSR count). The number of hydrogen-bond donors (Lipinski definition) is 3. The van der Waals surface area contributed by atoms with Crippen LogP contribution in [0.25, 0.3) is 0 Å². The number of carboxylic acid groups (broad SMARTS) is 3. The molecule has 0 spiro atoms. The van der Waals surface area contributed by atoms with Gasteiger partial charge in [0.2, 0.25) is 28.5 Å². The summed E-state index contributed by atoms with van der Waals surface area (Å²) in [5, 5.41) is 28.3. The zero-order valence-electron chi connectivity index (χ0n) is 69.6. The number of carbonyl (C=O) groups excluding carboxylic acids is 2. The van der Waals surface area contributed by atoms with Gasteiger partial charge < -0.3 is 54.0 Å². The van der Waals surface area contributed by atoms with E-state index in [1.807, 2.05) is 0 Å². The summed E-state index contributed by atoms with van der Waals surface area (Å²) in [5.74, 6) is -8.28. The number of rotatable bonds is 22. The Labute approximate surface area is 755 Å². The van der Waals surface area contributed by atoms with Crippen molar-refractivity contribution in [1.29, 1.82) is 0 Å². The molecule has 5 unspecified atom stereocenters. The van der Waals surface area contributed by atoms with Gasteiger partial charge in [-0.3, -0.25) is 0 Å². The quantitative estimate of drug-likeness (QED) is 0.0325. The monoisotopic (exact) mass is 1960 g/mol. The average Bonchev–Trinajstić information content (AvgIpc) is 0.707. The molecule has 0 bridgehead atoms. The van der Waals surface area contributed by atoms with E-state index < -0.39 is 187 Å². The van der Waals surface area contributed by atoms with Crippen LogP contribution >= 0.6 is 0 Å². The van der Waals surface area contributed by atoms with Crippen molar-refractivity contribution in [2.45, 2.75) is 132 Å². The van der Waals surface area contributed by atoms with E-state index in [-0.39, 0.29) is 82.8 Å². The second-order valence-electron chi connectivity index (χ2n) is 27.9. The molecular weight excluding hydrogens is 1890 g/mol. The Morgan fingerprint density at radius 3 is 0.807 bits per heavy atom. The normalized spacial score (nSPS) is 14.0. The van der Waals surface area contributed by atoms with Crippen molar-refractivity contribution in [3.05, 3.63) is 326 Å². The second-order valence-corrected chi connectivity index (χ2v) is 27.9. The minimum absolute atomic E-state index is 0. The summed E-state index contributed by atoms with van der Waals surface area (Å²) in [6.45, 7) is 7.07. The van der Waals surface area contributed by atoms with Crippen molar-refractivity contribution in [1.82, 2.24) is 0 Å². The van der Waals surface area contributed by atoms with Gasteiger partial charge in [0.05, 0.1) is 68.8 Å². The first-order valence-corrected chi connectivity index (χ1v) is 37.1. The molecule has 0 aliphatic rings. The summed E-state index contributed by atoms with van der Waals surface area (Å²) in [6, 6.07) is 35.1. The summed E-state index contributed by atoms with van der Waals surface area (Å²) < 4.78 is 419. The second kappa shape index (κ2) is 44.4. The first-order valence-electron chi connectivity index (χ1n) is 37.1. The molecule has 4 N–H and O–H groups in total. The van der Waals surface area contributed by atoms with Gasteiger partial charge in [-0.25, -0.2) is 24.0 Å². The predicted octanol–water partition coefficient (Wildman–Crippen LogP) is 23.1. The molecule has 0 aliphatic heterocycles. The van der Waals surface area contributed by atoms with E-state index in [1.165, 1.54) is 39.0 Å². The Hall–Kier alpha value is -13.0. The number of ether oxygens (including phenoxy) is 7. The van der Waals surface area contributed by atoms with E-state index in [1.54, 1.807) is 0 Å². The average molecular weight is 1960 g/mol. The van der Waals surface area contributed by atoms with Crippen LogP contribution in [0.4, 0.5) is 132 Å². The first-order chi connectivity index (χ1) is 60.9. The molecule has 10 aromatic carbocycles. The number of carbonyl (C=O) groups is 5. The van der Waals surface area contributed by atoms with Gasteiger partial charge in [-0.1, -0.05) is 72.8 Å². The van der Waals surface area contributed by atoms with E-state index in [0.717, 1.165) is 191 Å². The van der Waals surface area contributed by atoms with Gasteiger partial charge in [-0.15, -0.1) is 0 Å². The molecular formula is C88H67F30LiO16. The molecule has 0 saturated heterocycles. The standard InChI is InChI=1S/C19H16F6O3.C18H14F6O3.3C17H12F6O3.Li.H2O/c1-3-27-16(26)17(2,13-5-4-6-14(11-13)19(23,24)25)28-15-9-7-12(8-10-15)18(20,21)22;1-2-26-16(25)15(11-4-3-5-13(10-11)18(22,23)24)27-14-8-6-12(7-9-14)17(19,20)21;1-15(14(24)25,10-2-4-11(5-3-10)16(18,19)20)26-13-8-6-12(7-9-13)17(21,22)23;1-15(14(24)25,10-5-4-6-11(9-10)16(18,19)20)26-13-8-3-2-7-12(13)17(21,22)23;1-15(14(24)25,11-3-2-4-12(9-11)17(21,22)23)26-13-7-5-10(6-8-13)16(18,19)20;;/h4-11H,3H2,1-2H3;3-10,15H,2H2,1H3;3*2-9H,1H3,(H,24,25);;1H2/q;;;;;+1;/p-1. The van der Waals surface area contributed by atoms with Crippen LogP contribution in [-0.4, -0.2) is 63.9 Å². The maximum Gasteiger partial charge on any atom is 1.00 e. The van der Waals surface area contributed by atoms with Gasteiger partial charge in [0.25, 0.3) is 0 Å². The number of halogens is 30. The van der Waals surface area contributed by atoms with Crippen molar-refractivity contribution in [3.63, 3.8) is 0 Å². The summed E-state index contributed by atoms with van der Waals surface area (Å²) >= 11 is 0. The molecule has 0 amide bonds. The Balaban J connectivity index is 0.000000351. The van der Waals surface area contributed by atoms with Crippen molar-refractivity contribution < 1.29 is 228 Å². The van der Waals surface area contributed by atoms with Gasteiger partial charge in [0.15, 0.2) is 0 Å². The molecule has 5 atom stereocenters. The Morgan fingerprint density at radius 1 is 0.267 bits per heavy atom. The van der Waals surface area contributed by atoms with Crippen LogP contribution in [-0.2, 0) is 118 Å². The number of para-hydroxylation sites is 1. The van der Waals surface area contributed by atoms with Crippen molar-refractivity contribution in [2.75, 3.05) is 13.2 Å². The Bertz CT molecular complexity index is 5600. The Kier molecular flexibility index (Phi) is 37.6. The van der Waals surface area contributed by atoms with Crippen LogP contribution in [0.3, 0.4) is 0 Å². The molecule has 0 heterocycles. The minimum Gasteiger partial charge on any atom is -0.870 e. The number of hydrogen-bond acceptors (Lipinski definition) is 13. The van der Waals surface area contributed by atoms with Gasteiger partial charge in [-0.05, 0) is 211 Å². The summed E-state index contributed by atoms with van der Waals surface area (Å²) in [7, 11) is 0. The topological polar surface area (TPSA) is 241 Å². The van der Waals surface area contributed by atoms with Crippen LogP contribution in [0.2, 0.25) is 0 Å². The van der Waals surface area contributed by atoms with E-state index in [0.29, 0.717) is 54.6 Å². The molecule has 0 saturated carbocycles. The van der Waals surface area contributed by atoms with E-state index in [2.05, 4.69) is 0 Å². The molecule has 726 valence electrons. The largest absolute Gasteiger partial charge is 1.00 e. The molecule has 135 heavy (non-hydrogen) atoms. The number of benzene rings is 10. The van der Waals surface area contributed by atoms with Crippen LogP contribution in [0.1, 0.15) is 131 Å². The third-order valence-electron chi connectivity index (χ3n) is 18.3. The van der Waals surface area contributed by atoms with Crippen LogP contribution in [0.15, 0.2) is 243 Å². The molecule has 10 aromatic rings. The first kappa shape index (κ1) is 114. The molecule has 0 aliphatic carbocycles. The number of esters is 2. The minimum atomic E-state index is -4.83. The fraction of sp³-hybridized carbons (Fsp3) is 0.261. The van der Waals surface area contributed by atoms with Gasteiger partial charge in [0.1, 0.15) is 28.7 Å². The van der Waals surface area contributed by atoms with Crippen LogP contribution in [0.5, 0.6) is 28.7 Å². The molecule has 16 nitrogen and oxygen atoms in total. The maximum absolute atomic E-state index is 13.1. The Morgan fingerprint density at radius 2 is 0.511 bits per heavy atom. The van der Waals surface area contributed by atoms with Gasteiger partial charge in [-0.2, -0.15) is 132 Å².